The van der Waals surface area contributed by atoms with E-state index in [0.717, 1.165) is 11.2 Å². The van der Waals surface area contributed by atoms with Gasteiger partial charge in [0.2, 0.25) is 0 Å². The lowest BCUT2D eigenvalue weighted by Crippen LogP contribution is -2.24. The third-order valence-electron chi connectivity index (χ3n) is 3.24. The number of nitrogens with zero attached hydrogens (tertiary/aromatic N) is 4. The number of aliphatic hydroxyl groups is 2. The summed E-state index contributed by atoms with van der Waals surface area (Å²) in [5.74, 6) is 0. The molecule has 7 heteroatoms. The zero-order chi connectivity index (χ0) is 12.7. The SMILES string of the molecule is Cc1ncnc2c1ncn2[C@H]1C[C@H](O)C(CO)O1. The van der Waals surface area contributed by atoms with Gasteiger partial charge in [-0.3, -0.25) is 4.57 Å². The summed E-state index contributed by atoms with van der Waals surface area (Å²) in [6.07, 6.45) is 1.96. The molecule has 1 saturated heterocycles. The number of hydrogen-bond donors (Lipinski definition) is 2. The molecular weight excluding hydrogens is 236 g/mol. The number of hydrogen-bond acceptors (Lipinski definition) is 6. The third kappa shape index (κ3) is 1.67. The van der Waals surface area contributed by atoms with Gasteiger partial charge in [-0.05, 0) is 6.92 Å². The lowest BCUT2D eigenvalue weighted by molar-refractivity contribution is -0.0432. The van der Waals surface area contributed by atoms with Crippen molar-refractivity contribution in [2.24, 2.45) is 0 Å². The first-order valence-corrected chi connectivity index (χ1v) is 5.79. The van der Waals surface area contributed by atoms with Gasteiger partial charge >= 0.3 is 0 Å². The van der Waals surface area contributed by atoms with Crippen molar-refractivity contribution in [3.05, 3.63) is 18.3 Å². The molecule has 18 heavy (non-hydrogen) atoms. The molecular formula is C11H14N4O3. The topological polar surface area (TPSA) is 93.3 Å². The van der Waals surface area contributed by atoms with E-state index in [1.165, 1.54) is 6.33 Å². The molecule has 3 atom stereocenters. The average Bonchev–Trinajstić information content (AvgIpc) is 2.93. The monoisotopic (exact) mass is 250 g/mol. The van der Waals surface area contributed by atoms with E-state index in [4.69, 9.17) is 9.84 Å². The maximum absolute atomic E-state index is 9.73. The van der Waals surface area contributed by atoms with Crippen LogP contribution >= 0.6 is 0 Å². The molecule has 7 nitrogen and oxygen atoms in total. The van der Waals surface area contributed by atoms with Gasteiger partial charge in [0.1, 0.15) is 24.2 Å². The van der Waals surface area contributed by atoms with Gasteiger partial charge in [-0.1, -0.05) is 0 Å². The predicted molar refractivity (Wildman–Crippen MR) is 61.7 cm³/mol. The number of aromatic nitrogens is 4. The van der Waals surface area contributed by atoms with Crippen LogP contribution in [0.5, 0.6) is 0 Å². The maximum atomic E-state index is 9.73. The van der Waals surface area contributed by atoms with Crippen molar-refractivity contribution in [3.8, 4) is 0 Å². The van der Waals surface area contributed by atoms with E-state index in [-0.39, 0.29) is 12.8 Å². The van der Waals surface area contributed by atoms with Gasteiger partial charge in [0.15, 0.2) is 5.65 Å². The van der Waals surface area contributed by atoms with Crippen molar-refractivity contribution in [2.75, 3.05) is 6.61 Å². The van der Waals surface area contributed by atoms with Gasteiger partial charge in [0, 0.05) is 6.42 Å². The molecule has 0 saturated carbocycles. The minimum atomic E-state index is -0.666. The Bertz CT molecular complexity index is 570. The molecule has 2 aromatic rings. The van der Waals surface area contributed by atoms with Crippen molar-refractivity contribution in [1.29, 1.82) is 0 Å². The largest absolute Gasteiger partial charge is 0.394 e. The molecule has 0 radical (unpaired) electrons. The van der Waals surface area contributed by atoms with Gasteiger partial charge in [0.05, 0.1) is 24.7 Å². The Morgan fingerprint density at radius 1 is 1.44 bits per heavy atom. The molecule has 0 spiro atoms. The summed E-state index contributed by atoms with van der Waals surface area (Å²) >= 11 is 0. The van der Waals surface area contributed by atoms with E-state index >= 15 is 0 Å². The smallest absolute Gasteiger partial charge is 0.165 e. The van der Waals surface area contributed by atoms with Gasteiger partial charge in [-0.25, -0.2) is 15.0 Å². The minimum Gasteiger partial charge on any atom is -0.394 e. The van der Waals surface area contributed by atoms with Gasteiger partial charge < -0.3 is 14.9 Å². The normalized spacial score (nSPS) is 28.1. The van der Waals surface area contributed by atoms with E-state index < -0.39 is 12.2 Å². The van der Waals surface area contributed by atoms with Crippen molar-refractivity contribution in [2.45, 2.75) is 31.8 Å². The molecule has 1 aliphatic rings. The summed E-state index contributed by atoms with van der Waals surface area (Å²) < 4.78 is 7.34. The van der Waals surface area contributed by atoms with Crippen LogP contribution < -0.4 is 0 Å². The van der Waals surface area contributed by atoms with Crippen LogP contribution in [0.4, 0.5) is 0 Å². The molecule has 2 N–H and O–H groups in total. The fraction of sp³-hybridized carbons (Fsp3) is 0.545. The number of imidazole rings is 1. The van der Waals surface area contributed by atoms with Crippen molar-refractivity contribution in [1.82, 2.24) is 19.5 Å². The van der Waals surface area contributed by atoms with Crippen LogP contribution in [0.15, 0.2) is 12.7 Å². The van der Waals surface area contributed by atoms with Crippen LogP contribution in [0.2, 0.25) is 0 Å². The standard InChI is InChI=1S/C11H14N4O3/c1-6-10-11(13-4-12-6)15(5-14-10)9-2-7(17)8(3-16)18-9/h4-5,7-9,16-17H,2-3H2,1H3/t7-,8?,9+/m0/s1. The molecule has 0 bridgehead atoms. The second-order valence-corrected chi connectivity index (χ2v) is 4.40. The highest BCUT2D eigenvalue weighted by Crippen LogP contribution is 2.30. The van der Waals surface area contributed by atoms with Crippen LogP contribution in [0.3, 0.4) is 0 Å². The minimum absolute atomic E-state index is 0.196. The molecule has 0 amide bonds. The Morgan fingerprint density at radius 2 is 2.28 bits per heavy atom. The molecule has 3 rings (SSSR count). The number of aliphatic hydroxyl groups excluding tert-OH is 2. The first-order chi connectivity index (χ1) is 8.70. The quantitative estimate of drug-likeness (QED) is 0.765. The molecule has 96 valence electrons. The number of aryl methyl sites for hydroxylation is 1. The average molecular weight is 250 g/mol. The van der Waals surface area contributed by atoms with Gasteiger partial charge in [-0.15, -0.1) is 0 Å². The Labute approximate surface area is 103 Å². The van der Waals surface area contributed by atoms with E-state index in [2.05, 4.69) is 15.0 Å². The third-order valence-corrected chi connectivity index (χ3v) is 3.24. The first-order valence-electron chi connectivity index (χ1n) is 5.79. The molecule has 0 aromatic carbocycles. The summed E-state index contributed by atoms with van der Waals surface area (Å²) in [5, 5.41) is 18.8. The zero-order valence-electron chi connectivity index (χ0n) is 9.89. The summed E-state index contributed by atoms with van der Waals surface area (Å²) in [7, 11) is 0. The number of ether oxygens (including phenoxy) is 1. The highest BCUT2D eigenvalue weighted by Gasteiger charge is 2.35. The number of fused-ring (bicyclic) bond motifs is 1. The second kappa shape index (κ2) is 4.27. The van der Waals surface area contributed by atoms with E-state index in [1.807, 2.05) is 6.92 Å². The second-order valence-electron chi connectivity index (χ2n) is 4.40. The molecule has 2 aromatic heterocycles. The Hall–Kier alpha value is -1.57. The predicted octanol–water partition coefficient (Wildman–Crippen LogP) is -0.225. The van der Waals surface area contributed by atoms with Crippen LogP contribution in [0.25, 0.3) is 11.2 Å². The zero-order valence-corrected chi connectivity index (χ0v) is 9.89. The highest BCUT2D eigenvalue weighted by atomic mass is 16.5. The summed E-state index contributed by atoms with van der Waals surface area (Å²) in [4.78, 5) is 12.5. The van der Waals surface area contributed by atoms with Crippen molar-refractivity contribution in [3.63, 3.8) is 0 Å². The fourth-order valence-corrected chi connectivity index (χ4v) is 2.23. The van der Waals surface area contributed by atoms with Crippen LogP contribution in [-0.2, 0) is 4.74 Å². The molecule has 1 fully saturated rings. The van der Waals surface area contributed by atoms with Gasteiger partial charge in [-0.2, -0.15) is 0 Å². The van der Waals surface area contributed by atoms with Crippen molar-refractivity contribution < 1.29 is 14.9 Å². The Balaban J connectivity index is 1.99. The summed E-state index contributed by atoms with van der Waals surface area (Å²) in [6.45, 7) is 1.67. The van der Waals surface area contributed by atoms with Gasteiger partial charge in [0.25, 0.3) is 0 Å². The Morgan fingerprint density at radius 3 is 3.00 bits per heavy atom. The highest BCUT2D eigenvalue weighted by molar-refractivity contribution is 5.72. The van der Waals surface area contributed by atoms with E-state index in [1.54, 1.807) is 10.9 Å². The Kier molecular flexibility index (Phi) is 2.73. The van der Waals surface area contributed by atoms with Crippen LogP contribution in [-0.4, -0.2) is 48.5 Å². The van der Waals surface area contributed by atoms with Crippen molar-refractivity contribution >= 4 is 11.2 Å². The number of rotatable bonds is 2. The maximum Gasteiger partial charge on any atom is 0.165 e. The lowest BCUT2D eigenvalue weighted by atomic mass is 10.2. The molecule has 1 unspecified atom stereocenters. The first kappa shape index (κ1) is 11.5. The van der Waals surface area contributed by atoms with Crippen LogP contribution in [0.1, 0.15) is 18.3 Å². The molecule has 0 aliphatic carbocycles. The molecule has 1 aliphatic heterocycles. The summed E-state index contributed by atoms with van der Waals surface area (Å²) in [6, 6.07) is 0. The van der Waals surface area contributed by atoms with E-state index in [9.17, 15) is 5.11 Å². The van der Waals surface area contributed by atoms with Crippen LogP contribution in [0, 0.1) is 6.92 Å². The lowest BCUT2D eigenvalue weighted by Gasteiger charge is -2.13. The molecule has 3 heterocycles. The van der Waals surface area contributed by atoms with E-state index in [0.29, 0.717) is 12.1 Å². The fourth-order valence-electron chi connectivity index (χ4n) is 2.23. The summed E-state index contributed by atoms with van der Waals surface area (Å²) in [5.41, 5.74) is 2.21.